The van der Waals surface area contributed by atoms with Crippen molar-refractivity contribution in [2.75, 3.05) is 33.3 Å². The molecular weight excluding hydrogens is 378 g/mol. The molecule has 0 bridgehead atoms. The molecule has 0 radical (unpaired) electrons. The SMILES string of the molecule is COc1cc(NC(=O)COC(=O)c2cn3ccc(C)cc3n2)cc(OC)c1OC. The Hall–Kier alpha value is -3.75. The molecule has 1 aromatic carbocycles. The summed E-state index contributed by atoms with van der Waals surface area (Å²) >= 11 is 0. The number of carbonyl (C=O) groups is 2. The van der Waals surface area contributed by atoms with Crippen molar-refractivity contribution >= 4 is 23.2 Å². The lowest BCUT2D eigenvalue weighted by Gasteiger charge is -2.14. The van der Waals surface area contributed by atoms with Crippen LogP contribution in [0.5, 0.6) is 17.2 Å². The smallest absolute Gasteiger partial charge is 0.359 e. The highest BCUT2D eigenvalue weighted by atomic mass is 16.5. The average Bonchev–Trinajstić information content (AvgIpc) is 3.14. The number of fused-ring (bicyclic) bond motifs is 1. The first-order valence-electron chi connectivity index (χ1n) is 8.67. The number of aryl methyl sites for hydroxylation is 1. The number of amides is 1. The predicted molar refractivity (Wildman–Crippen MR) is 105 cm³/mol. The number of rotatable bonds is 7. The standard InChI is InChI=1S/C20H21N3O6/c1-12-5-6-23-10-14(22-17(23)7-12)20(25)29-11-18(24)21-13-8-15(26-2)19(28-4)16(9-13)27-3/h5-10H,11H2,1-4H3,(H,21,24). The second-order valence-corrected chi connectivity index (χ2v) is 6.13. The van der Waals surface area contributed by atoms with Crippen molar-refractivity contribution in [3.8, 4) is 17.2 Å². The van der Waals surface area contributed by atoms with E-state index in [1.807, 2.05) is 19.1 Å². The number of imidazole rings is 1. The Bertz CT molecular complexity index is 1030. The lowest BCUT2D eigenvalue weighted by atomic mass is 10.2. The fourth-order valence-electron chi connectivity index (χ4n) is 2.74. The molecule has 29 heavy (non-hydrogen) atoms. The lowest BCUT2D eigenvalue weighted by Crippen LogP contribution is -2.21. The number of aromatic nitrogens is 2. The number of pyridine rings is 1. The van der Waals surface area contributed by atoms with E-state index in [2.05, 4.69) is 10.3 Å². The molecule has 0 aliphatic rings. The first kappa shape index (κ1) is 20.0. The maximum absolute atomic E-state index is 12.2. The molecule has 0 atom stereocenters. The first-order valence-corrected chi connectivity index (χ1v) is 8.67. The van der Waals surface area contributed by atoms with Crippen molar-refractivity contribution < 1.29 is 28.5 Å². The van der Waals surface area contributed by atoms with Crippen molar-refractivity contribution in [3.63, 3.8) is 0 Å². The number of methoxy groups -OCH3 is 3. The van der Waals surface area contributed by atoms with Crippen LogP contribution >= 0.6 is 0 Å². The van der Waals surface area contributed by atoms with Crippen LogP contribution in [-0.2, 0) is 9.53 Å². The predicted octanol–water partition coefficient (Wildman–Crippen LogP) is 2.46. The van der Waals surface area contributed by atoms with Gasteiger partial charge in [-0.1, -0.05) is 0 Å². The number of anilines is 1. The van der Waals surface area contributed by atoms with Crippen LogP contribution in [0.1, 0.15) is 16.1 Å². The molecule has 0 spiro atoms. The van der Waals surface area contributed by atoms with E-state index in [0.29, 0.717) is 28.6 Å². The van der Waals surface area contributed by atoms with Gasteiger partial charge in [0.2, 0.25) is 5.75 Å². The van der Waals surface area contributed by atoms with Gasteiger partial charge in [-0.25, -0.2) is 9.78 Å². The van der Waals surface area contributed by atoms with Crippen LogP contribution in [-0.4, -0.2) is 49.2 Å². The molecule has 2 heterocycles. The molecule has 0 fully saturated rings. The molecule has 0 unspecified atom stereocenters. The third kappa shape index (κ3) is 4.40. The minimum Gasteiger partial charge on any atom is -0.493 e. The van der Waals surface area contributed by atoms with E-state index in [1.165, 1.54) is 21.3 Å². The fourth-order valence-corrected chi connectivity index (χ4v) is 2.74. The number of nitrogens with zero attached hydrogens (tertiary/aromatic N) is 2. The van der Waals surface area contributed by atoms with Gasteiger partial charge in [-0.3, -0.25) is 4.79 Å². The molecule has 3 aromatic rings. The number of benzene rings is 1. The summed E-state index contributed by atoms with van der Waals surface area (Å²) in [5.41, 5.74) is 2.17. The maximum Gasteiger partial charge on any atom is 0.359 e. The summed E-state index contributed by atoms with van der Waals surface area (Å²) in [6.07, 6.45) is 3.35. The lowest BCUT2D eigenvalue weighted by molar-refractivity contribution is -0.119. The van der Waals surface area contributed by atoms with Gasteiger partial charge in [-0.05, 0) is 24.6 Å². The molecule has 1 amide bonds. The maximum atomic E-state index is 12.2. The van der Waals surface area contributed by atoms with Gasteiger partial charge >= 0.3 is 5.97 Å². The Morgan fingerprint density at radius 2 is 1.76 bits per heavy atom. The van der Waals surface area contributed by atoms with Crippen molar-refractivity contribution in [3.05, 3.63) is 47.9 Å². The first-order chi connectivity index (χ1) is 13.9. The third-order valence-corrected chi connectivity index (χ3v) is 4.11. The summed E-state index contributed by atoms with van der Waals surface area (Å²) < 4.78 is 22.5. The molecule has 0 saturated carbocycles. The summed E-state index contributed by atoms with van der Waals surface area (Å²) in [5.74, 6) is -0.0292. The highest BCUT2D eigenvalue weighted by Crippen LogP contribution is 2.39. The topological polar surface area (TPSA) is 100 Å². The zero-order chi connectivity index (χ0) is 21.0. The van der Waals surface area contributed by atoms with E-state index in [4.69, 9.17) is 18.9 Å². The number of nitrogens with one attached hydrogen (secondary N) is 1. The molecule has 152 valence electrons. The molecule has 9 heteroatoms. The van der Waals surface area contributed by atoms with Crippen LogP contribution in [0.15, 0.2) is 36.7 Å². The zero-order valence-corrected chi connectivity index (χ0v) is 16.5. The minimum absolute atomic E-state index is 0.121. The highest BCUT2D eigenvalue weighted by Gasteiger charge is 2.17. The summed E-state index contributed by atoms with van der Waals surface area (Å²) in [6, 6.07) is 6.89. The van der Waals surface area contributed by atoms with E-state index in [-0.39, 0.29) is 5.69 Å². The van der Waals surface area contributed by atoms with Gasteiger partial charge in [0.15, 0.2) is 23.8 Å². The molecular formula is C20H21N3O6. The molecule has 2 aromatic heterocycles. The molecule has 3 rings (SSSR count). The van der Waals surface area contributed by atoms with E-state index in [0.717, 1.165) is 5.56 Å². The number of esters is 1. The fraction of sp³-hybridized carbons (Fsp3) is 0.250. The summed E-state index contributed by atoms with van der Waals surface area (Å²) in [7, 11) is 4.43. The van der Waals surface area contributed by atoms with Crippen molar-refractivity contribution in [2.45, 2.75) is 6.92 Å². The second-order valence-electron chi connectivity index (χ2n) is 6.13. The number of hydrogen-bond donors (Lipinski definition) is 1. The van der Waals surface area contributed by atoms with Crippen LogP contribution in [0.2, 0.25) is 0 Å². The quantitative estimate of drug-likeness (QED) is 0.609. The van der Waals surface area contributed by atoms with E-state index < -0.39 is 18.5 Å². The van der Waals surface area contributed by atoms with E-state index in [1.54, 1.807) is 28.9 Å². The van der Waals surface area contributed by atoms with E-state index in [9.17, 15) is 9.59 Å². The minimum atomic E-state index is -0.689. The van der Waals surface area contributed by atoms with Crippen LogP contribution in [0.25, 0.3) is 5.65 Å². The largest absolute Gasteiger partial charge is 0.493 e. The molecule has 0 aliphatic heterocycles. The third-order valence-electron chi connectivity index (χ3n) is 4.11. The van der Waals surface area contributed by atoms with Gasteiger partial charge in [0, 0.05) is 30.2 Å². The molecule has 1 N–H and O–H groups in total. The molecule has 0 aliphatic carbocycles. The zero-order valence-electron chi connectivity index (χ0n) is 16.5. The van der Waals surface area contributed by atoms with Crippen LogP contribution in [0.4, 0.5) is 5.69 Å². The Morgan fingerprint density at radius 1 is 1.07 bits per heavy atom. The van der Waals surface area contributed by atoms with Gasteiger partial charge in [-0.15, -0.1) is 0 Å². The normalized spacial score (nSPS) is 10.5. The van der Waals surface area contributed by atoms with E-state index >= 15 is 0 Å². The Morgan fingerprint density at radius 3 is 2.38 bits per heavy atom. The van der Waals surface area contributed by atoms with Gasteiger partial charge in [0.25, 0.3) is 5.91 Å². The number of hydrogen-bond acceptors (Lipinski definition) is 7. The molecule has 9 nitrogen and oxygen atoms in total. The Balaban J connectivity index is 1.65. The van der Waals surface area contributed by atoms with Gasteiger partial charge in [0.05, 0.1) is 21.3 Å². The summed E-state index contributed by atoms with van der Waals surface area (Å²) in [6.45, 7) is 1.46. The number of ether oxygens (including phenoxy) is 4. The molecule has 0 saturated heterocycles. The average molecular weight is 399 g/mol. The Labute approximate surface area is 167 Å². The van der Waals surface area contributed by atoms with Crippen LogP contribution < -0.4 is 19.5 Å². The summed E-state index contributed by atoms with van der Waals surface area (Å²) in [5, 5.41) is 2.63. The van der Waals surface area contributed by atoms with Crippen molar-refractivity contribution in [1.29, 1.82) is 0 Å². The Kier molecular flexibility index (Phi) is 5.87. The highest BCUT2D eigenvalue weighted by molar-refractivity contribution is 5.95. The van der Waals surface area contributed by atoms with Gasteiger partial charge in [0.1, 0.15) is 5.65 Å². The summed E-state index contributed by atoms with van der Waals surface area (Å²) in [4.78, 5) is 28.6. The van der Waals surface area contributed by atoms with Crippen LogP contribution in [0.3, 0.4) is 0 Å². The monoisotopic (exact) mass is 399 g/mol. The van der Waals surface area contributed by atoms with Crippen LogP contribution in [0, 0.1) is 6.92 Å². The van der Waals surface area contributed by atoms with Crippen molar-refractivity contribution in [2.24, 2.45) is 0 Å². The van der Waals surface area contributed by atoms with Gasteiger partial charge in [-0.2, -0.15) is 0 Å². The van der Waals surface area contributed by atoms with Gasteiger partial charge < -0.3 is 28.7 Å². The second kappa shape index (κ2) is 8.51. The van der Waals surface area contributed by atoms with Crippen molar-refractivity contribution in [1.82, 2.24) is 9.38 Å². The number of carbonyl (C=O) groups excluding carboxylic acids is 2.